The number of aromatic carboxylic acids is 1. The van der Waals surface area contributed by atoms with E-state index in [4.69, 9.17) is 4.74 Å². The molecule has 0 heterocycles. The fourth-order valence-electron chi connectivity index (χ4n) is 5.93. The monoisotopic (exact) mass is 299 g/mol. The average molecular weight is 299 g/mol. The summed E-state index contributed by atoms with van der Waals surface area (Å²) in [5.41, 5.74) is 2.31. The van der Waals surface area contributed by atoms with Gasteiger partial charge in [-0.25, -0.2) is 0 Å². The molecule has 4 fully saturated rings. The Labute approximate surface area is 131 Å². The quantitative estimate of drug-likeness (QED) is 0.862. The van der Waals surface area contributed by atoms with Crippen LogP contribution in [0.15, 0.2) is 12.1 Å². The van der Waals surface area contributed by atoms with Gasteiger partial charge in [0, 0.05) is 11.1 Å². The number of hydrogen-bond acceptors (Lipinski definition) is 3. The highest BCUT2D eigenvalue weighted by Gasteiger charge is 2.52. The van der Waals surface area contributed by atoms with Gasteiger partial charge < -0.3 is 14.6 Å². The molecule has 4 bridgehead atoms. The lowest BCUT2D eigenvalue weighted by molar-refractivity contribution is -0.255. The van der Waals surface area contributed by atoms with Gasteiger partial charge in [-0.05, 0) is 86.3 Å². The fraction of sp³-hybridized carbons (Fsp3) is 0.632. The van der Waals surface area contributed by atoms with E-state index in [-0.39, 0.29) is 5.41 Å². The van der Waals surface area contributed by atoms with Crippen molar-refractivity contribution in [1.82, 2.24) is 0 Å². The molecule has 4 aliphatic carbocycles. The maximum atomic E-state index is 11.4. The number of carboxylic acid groups (broad SMARTS) is 1. The minimum atomic E-state index is -1.08. The highest BCUT2D eigenvalue weighted by molar-refractivity contribution is 5.88. The van der Waals surface area contributed by atoms with Crippen molar-refractivity contribution in [3.63, 3.8) is 0 Å². The second-order valence-electron chi connectivity index (χ2n) is 7.85. The molecule has 0 aromatic heterocycles. The van der Waals surface area contributed by atoms with Crippen LogP contribution in [0.3, 0.4) is 0 Å². The zero-order valence-electron chi connectivity index (χ0n) is 13.4. The normalized spacial score (nSPS) is 35.6. The molecule has 118 valence electrons. The van der Waals surface area contributed by atoms with Gasteiger partial charge >= 0.3 is 0 Å². The number of carbonyl (C=O) groups is 1. The largest absolute Gasteiger partial charge is 0.545 e. The Bertz CT molecular complexity index is 597. The van der Waals surface area contributed by atoms with Gasteiger partial charge in [-0.2, -0.15) is 0 Å². The molecule has 0 amide bonds. The van der Waals surface area contributed by atoms with Crippen LogP contribution < -0.4 is 9.84 Å². The van der Waals surface area contributed by atoms with Gasteiger partial charge in [-0.1, -0.05) is 0 Å². The second-order valence-corrected chi connectivity index (χ2v) is 7.85. The van der Waals surface area contributed by atoms with Gasteiger partial charge in [0.25, 0.3) is 0 Å². The van der Waals surface area contributed by atoms with Crippen LogP contribution in [-0.4, -0.2) is 13.1 Å². The molecule has 4 saturated carbocycles. The van der Waals surface area contributed by atoms with Crippen molar-refractivity contribution in [3.05, 3.63) is 28.8 Å². The number of ether oxygens (including phenoxy) is 1. The lowest BCUT2D eigenvalue weighted by atomic mass is 9.48. The Morgan fingerprint density at radius 1 is 1.14 bits per heavy atom. The van der Waals surface area contributed by atoms with Crippen molar-refractivity contribution in [2.24, 2.45) is 17.8 Å². The smallest absolute Gasteiger partial charge is 0.122 e. The van der Waals surface area contributed by atoms with Gasteiger partial charge in [0.2, 0.25) is 0 Å². The van der Waals surface area contributed by atoms with Crippen molar-refractivity contribution in [2.45, 2.75) is 50.9 Å². The highest BCUT2D eigenvalue weighted by Crippen LogP contribution is 2.62. The predicted molar refractivity (Wildman–Crippen MR) is 81.9 cm³/mol. The summed E-state index contributed by atoms with van der Waals surface area (Å²) in [6.45, 7) is 1.82. The molecule has 22 heavy (non-hydrogen) atoms. The fourth-order valence-corrected chi connectivity index (χ4v) is 5.93. The Balaban J connectivity index is 1.84. The minimum Gasteiger partial charge on any atom is -0.545 e. The van der Waals surface area contributed by atoms with Crippen molar-refractivity contribution in [1.29, 1.82) is 0 Å². The molecule has 0 atom stereocenters. The third kappa shape index (κ3) is 1.98. The van der Waals surface area contributed by atoms with Gasteiger partial charge in [-0.15, -0.1) is 0 Å². The molecule has 0 spiro atoms. The lowest BCUT2D eigenvalue weighted by Crippen LogP contribution is -2.48. The predicted octanol–water partition coefficient (Wildman–Crippen LogP) is 2.83. The molecule has 1 aromatic carbocycles. The van der Waals surface area contributed by atoms with Crippen LogP contribution in [0.1, 0.15) is 60.0 Å². The molecule has 4 aliphatic rings. The summed E-state index contributed by atoms with van der Waals surface area (Å²) < 4.78 is 5.64. The van der Waals surface area contributed by atoms with Crippen LogP contribution in [0.2, 0.25) is 0 Å². The SMILES string of the molecule is COc1cc(C)c(C(=O)[O-])cc1C12CC3CC(CC(C3)C1)C2. The summed E-state index contributed by atoms with van der Waals surface area (Å²) in [5.74, 6) is 2.26. The summed E-state index contributed by atoms with van der Waals surface area (Å²) in [6, 6.07) is 3.75. The Hall–Kier alpha value is -1.51. The van der Waals surface area contributed by atoms with E-state index in [2.05, 4.69) is 0 Å². The Kier molecular flexibility index (Phi) is 3.04. The number of methoxy groups -OCH3 is 1. The van der Waals surface area contributed by atoms with Crippen LogP contribution in [0.25, 0.3) is 0 Å². The first-order valence-electron chi connectivity index (χ1n) is 8.41. The summed E-state index contributed by atoms with van der Waals surface area (Å²) in [7, 11) is 1.69. The van der Waals surface area contributed by atoms with Crippen molar-refractivity contribution in [2.75, 3.05) is 7.11 Å². The number of rotatable bonds is 3. The average Bonchev–Trinajstić information content (AvgIpc) is 2.44. The van der Waals surface area contributed by atoms with Gasteiger partial charge in [-0.3, -0.25) is 0 Å². The first-order valence-corrected chi connectivity index (χ1v) is 8.41. The molecule has 0 radical (unpaired) electrons. The van der Waals surface area contributed by atoms with Crippen LogP contribution in [-0.2, 0) is 5.41 Å². The molecule has 0 saturated heterocycles. The molecule has 3 nitrogen and oxygen atoms in total. The maximum absolute atomic E-state index is 11.4. The van der Waals surface area contributed by atoms with E-state index in [1.807, 2.05) is 19.1 Å². The molecule has 5 rings (SSSR count). The van der Waals surface area contributed by atoms with E-state index in [1.165, 1.54) is 38.5 Å². The standard InChI is InChI=1S/C19H24O3/c1-11-3-17(22-2)16(7-15(11)18(20)21)19-8-12-4-13(9-19)6-14(5-12)10-19/h3,7,12-14H,4-6,8-10H2,1-2H3,(H,20,21)/p-1. The Morgan fingerprint density at radius 3 is 2.14 bits per heavy atom. The van der Waals surface area contributed by atoms with E-state index in [9.17, 15) is 9.90 Å². The number of benzene rings is 1. The number of carboxylic acids is 1. The van der Waals surface area contributed by atoms with Crippen LogP contribution >= 0.6 is 0 Å². The van der Waals surface area contributed by atoms with Gasteiger partial charge in [0.05, 0.1) is 13.1 Å². The Morgan fingerprint density at radius 2 is 1.68 bits per heavy atom. The van der Waals surface area contributed by atoms with Crippen molar-refractivity contribution >= 4 is 5.97 Å². The first kappa shape index (κ1) is 14.1. The van der Waals surface area contributed by atoms with Crippen LogP contribution in [0.5, 0.6) is 5.75 Å². The molecular weight excluding hydrogens is 276 g/mol. The van der Waals surface area contributed by atoms with Crippen molar-refractivity contribution < 1.29 is 14.6 Å². The molecule has 1 aromatic rings. The summed E-state index contributed by atoms with van der Waals surface area (Å²) in [5, 5.41) is 11.4. The van der Waals surface area contributed by atoms with Crippen LogP contribution in [0, 0.1) is 24.7 Å². The lowest BCUT2D eigenvalue weighted by Gasteiger charge is -2.57. The molecule has 3 heteroatoms. The molecule has 0 aliphatic heterocycles. The number of hydrogen-bond donors (Lipinski definition) is 0. The summed E-state index contributed by atoms with van der Waals surface area (Å²) >= 11 is 0. The third-order valence-electron chi connectivity index (χ3n) is 6.38. The second kappa shape index (κ2) is 4.74. The molecule has 0 unspecified atom stereocenters. The van der Waals surface area contributed by atoms with Gasteiger partial charge in [0.1, 0.15) is 5.75 Å². The number of carbonyl (C=O) groups excluding carboxylic acids is 1. The topological polar surface area (TPSA) is 49.4 Å². The zero-order valence-corrected chi connectivity index (χ0v) is 13.4. The first-order chi connectivity index (χ1) is 10.5. The van der Waals surface area contributed by atoms with Crippen LogP contribution in [0.4, 0.5) is 0 Å². The van der Waals surface area contributed by atoms with Gasteiger partial charge in [0.15, 0.2) is 0 Å². The summed E-state index contributed by atoms with van der Waals surface area (Å²) in [6.07, 6.45) is 7.73. The van der Waals surface area contributed by atoms with E-state index in [0.717, 1.165) is 34.6 Å². The zero-order chi connectivity index (χ0) is 15.5. The van der Waals surface area contributed by atoms with E-state index < -0.39 is 5.97 Å². The summed E-state index contributed by atoms with van der Waals surface area (Å²) in [4.78, 5) is 11.4. The number of aryl methyl sites for hydroxylation is 1. The third-order valence-corrected chi connectivity index (χ3v) is 6.38. The van der Waals surface area contributed by atoms with E-state index >= 15 is 0 Å². The molecular formula is C19H23O3-. The molecule has 0 N–H and O–H groups in total. The highest BCUT2D eigenvalue weighted by atomic mass is 16.5. The maximum Gasteiger partial charge on any atom is 0.122 e. The minimum absolute atomic E-state index is 0.137. The van der Waals surface area contributed by atoms with Crippen molar-refractivity contribution in [3.8, 4) is 5.75 Å². The van der Waals surface area contributed by atoms with E-state index in [0.29, 0.717) is 5.56 Å². The van der Waals surface area contributed by atoms with E-state index in [1.54, 1.807) is 7.11 Å².